The van der Waals surface area contributed by atoms with Crippen LogP contribution in [-0.2, 0) is 19.4 Å². The Morgan fingerprint density at radius 3 is 2.56 bits per heavy atom. The monoisotopic (exact) mass is 277 g/mol. The molecule has 0 aliphatic heterocycles. The molecule has 0 amide bonds. The van der Waals surface area contributed by atoms with Gasteiger partial charge in [-0.05, 0) is 25.3 Å². The standard InChI is InChI=1S/C12H23NO4S/c1-12(2)7-5-6-9(11(12)13-3)18(15,16)8-10(14)17-4/h9,11,13H,5-8H2,1-4H3. The summed E-state index contributed by atoms with van der Waals surface area (Å²) in [5.74, 6) is -1.21. The Hall–Kier alpha value is -0.620. The smallest absolute Gasteiger partial charge is 0.320 e. The highest BCUT2D eigenvalue weighted by Gasteiger charge is 2.44. The third kappa shape index (κ3) is 3.23. The minimum atomic E-state index is -3.46. The predicted molar refractivity (Wildman–Crippen MR) is 70.1 cm³/mol. The van der Waals surface area contributed by atoms with Crippen LogP contribution in [0, 0.1) is 5.41 Å². The summed E-state index contributed by atoms with van der Waals surface area (Å²) in [6, 6.07) is -0.124. The van der Waals surface area contributed by atoms with Crippen molar-refractivity contribution in [3.8, 4) is 0 Å². The van der Waals surface area contributed by atoms with Gasteiger partial charge in [-0.2, -0.15) is 0 Å². The Balaban J connectivity index is 2.95. The largest absolute Gasteiger partial charge is 0.468 e. The van der Waals surface area contributed by atoms with Gasteiger partial charge in [-0.3, -0.25) is 4.79 Å². The Kier molecular flexibility index (Phi) is 4.78. The average molecular weight is 277 g/mol. The number of methoxy groups -OCH3 is 1. The van der Waals surface area contributed by atoms with Crippen molar-refractivity contribution in [2.45, 2.75) is 44.4 Å². The van der Waals surface area contributed by atoms with Gasteiger partial charge in [0.15, 0.2) is 9.84 Å². The maximum atomic E-state index is 12.3. The number of rotatable bonds is 4. The molecule has 0 spiro atoms. The molecule has 0 radical (unpaired) electrons. The first kappa shape index (κ1) is 15.4. The van der Waals surface area contributed by atoms with E-state index in [9.17, 15) is 13.2 Å². The molecule has 0 saturated heterocycles. The fourth-order valence-corrected chi connectivity index (χ4v) is 4.98. The highest BCUT2D eigenvalue weighted by atomic mass is 32.2. The predicted octanol–water partition coefficient (Wildman–Crippen LogP) is 0.741. The second-order valence-electron chi connectivity index (χ2n) is 5.57. The number of ether oxygens (including phenoxy) is 1. The first-order chi connectivity index (χ1) is 8.24. The van der Waals surface area contributed by atoms with Crippen molar-refractivity contribution in [3.63, 3.8) is 0 Å². The summed E-state index contributed by atoms with van der Waals surface area (Å²) in [5.41, 5.74) is -0.0825. The summed E-state index contributed by atoms with van der Waals surface area (Å²) in [4.78, 5) is 11.2. The summed E-state index contributed by atoms with van der Waals surface area (Å²) in [5, 5.41) is 2.60. The minimum Gasteiger partial charge on any atom is -0.468 e. The van der Waals surface area contributed by atoms with E-state index in [1.54, 1.807) is 7.05 Å². The van der Waals surface area contributed by atoms with Gasteiger partial charge in [-0.1, -0.05) is 20.3 Å². The molecule has 18 heavy (non-hydrogen) atoms. The second-order valence-corrected chi connectivity index (χ2v) is 7.79. The van der Waals surface area contributed by atoms with Crippen molar-refractivity contribution in [2.24, 2.45) is 5.41 Å². The van der Waals surface area contributed by atoms with Crippen molar-refractivity contribution < 1.29 is 17.9 Å². The minimum absolute atomic E-state index is 0.0825. The highest BCUT2D eigenvalue weighted by molar-refractivity contribution is 7.92. The zero-order chi connectivity index (χ0) is 14.0. The SMILES string of the molecule is CNC1C(S(=O)(=O)CC(=O)OC)CCCC1(C)C. The maximum Gasteiger partial charge on any atom is 0.320 e. The number of esters is 1. The first-order valence-corrected chi connectivity index (χ1v) is 7.92. The molecule has 106 valence electrons. The second kappa shape index (κ2) is 5.57. The van der Waals surface area contributed by atoms with E-state index in [0.717, 1.165) is 12.8 Å². The first-order valence-electron chi connectivity index (χ1n) is 6.20. The lowest BCUT2D eigenvalue weighted by Gasteiger charge is -2.43. The summed E-state index contributed by atoms with van der Waals surface area (Å²) in [6.07, 6.45) is 2.47. The van der Waals surface area contributed by atoms with Crippen molar-refractivity contribution >= 4 is 15.8 Å². The van der Waals surface area contributed by atoms with Crippen LogP contribution in [0.5, 0.6) is 0 Å². The van der Waals surface area contributed by atoms with E-state index >= 15 is 0 Å². The van der Waals surface area contributed by atoms with Gasteiger partial charge in [0.05, 0.1) is 12.4 Å². The Morgan fingerprint density at radius 1 is 1.44 bits per heavy atom. The molecule has 1 aliphatic rings. The molecule has 1 N–H and O–H groups in total. The van der Waals surface area contributed by atoms with E-state index in [2.05, 4.69) is 23.9 Å². The molecule has 5 nitrogen and oxygen atoms in total. The van der Waals surface area contributed by atoms with Crippen LogP contribution in [-0.4, -0.2) is 45.6 Å². The van der Waals surface area contributed by atoms with E-state index in [0.29, 0.717) is 6.42 Å². The van der Waals surface area contributed by atoms with Gasteiger partial charge < -0.3 is 10.1 Å². The Morgan fingerprint density at radius 2 is 2.06 bits per heavy atom. The lowest BCUT2D eigenvalue weighted by molar-refractivity contribution is -0.137. The van der Waals surface area contributed by atoms with E-state index in [1.165, 1.54) is 7.11 Å². The lowest BCUT2D eigenvalue weighted by atomic mass is 9.73. The van der Waals surface area contributed by atoms with Crippen LogP contribution in [0.3, 0.4) is 0 Å². The number of carbonyl (C=O) groups excluding carboxylic acids is 1. The molecule has 0 aromatic carbocycles. The van der Waals surface area contributed by atoms with Crippen molar-refractivity contribution in [3.05, 3.63) is 0 Å². The average Bonchev–Trinajstić information content (AvgIpc) is 2.26. The van der Waals surface area contributed by atoms with Gasteiger partial charge in [0, 0.05) is 6.04 Å². The normalized spacial score (nSPS) is 27.8. The van der Waals surface area contributed by atoms with Gasteiger partial charge in [-0.15, -0.1) is 0 Å². The third-order valence-electron chi connectivity index (χ3n) is 3.84. The lowest BCUT2D eigenvalue weighted by Crippen LogP contribution is -2.55. The van der Waals surface area contributed by atoms with Gasteiger partial charge in [0.2, 0.25) is 0 Å². The topological polar surface area (TPSA) is 72.5 Å². The Bertz CT molecular complexity index is 402. The fraction of sp³-hybridized carbons (Fsp3) is 0.917. The zero-order valence-corrected chi connectivity index (χ0v) is 12.3. The molecular formula is C12H23NO4S. The Labute approximate surface area is 109 Å². The molecule has 1 fully saturated rings. The molecule has 1 rings (SSSR count). The van der Waals surface area contributed by atoms with Gasteiger partial charge in [0.1, 0.15) is 5.75 Å². The molecule has 0 bridgehead atoms. The van der Waals surface area contributed by atoms with Crippen LogP contribution < -0.4 is 5.32 Å². The van der Waals surface area contributed by atoms with E-state index in [4.69, 9.17) is 0 Å². The summed E-state index contributed by atoms with van der Waals surface area (Å²) < 4.78 is 29.0. The van der Waals surface area contributed by atoms with E-state index < -0.39 is 26.8 Å². The van der Waals surface area contributed by atoms with Gasteiger partial charge in [-0.25, -0.2) is 8.42 Å². The van der Waals surface area contributed by atoms with Crippen molar-refractivity contribution in [2.75, 3.05) is 19.9 Å². The number of carbonyl (C=O) groups is 1. The zero-order valence-electron chi connectivity index (χ0n) is 11.5. The molecule has 6 heteroatoms. The number of nitrogens with one attached hydrogen (secondary N) is 1. The van der Waals surface area contributed by atoms with Crippen LogP contribution in [0.15, 0.2) is 0 Å². The fourth-order valence-electron chi connectivity index (χ4n) is 2.88. The van der Waals surface area contributed by atoms with Crippen LogP contribution in [0.2, 0.25) is 0 Å². The van der Waals surface area contributed by atoms with Crippen LogP contribution in [0.4, 0.5) is 0 Å². The third-order valence-corrected chi connectivity index (χ3v) is 5.91. The van der Waals surface area contributed by atoms with Gasteiger partial charge in [0.25, 0.3) is 0 Å². The molecule has 0 aromatic heterocycles. The summed E-state index contributed by atoms with van der Waals surface area (Å²) in [7, 11) is -0.481. The summed E-state index contributed by atoms with van der Waals surface area (Å²) in [6.45, 7) is 4.13. The molecule has 2 unspecified atom stereocenters. The number of sulfone groups is 1. The van der Waals surface area contributed by atoms with Crippen molar-refractivity contribution in [1.29, 1.82) is 0 Å². The van der Waals surface area contributed by atoms with E-state index in [1.807, 2.05) is 0 Å². The van der Waals surface area contributed by atoms with Crippen LogP contribution in [0.25, 0.3) is 0 Å². The molecule has 1 saturated carbocycles. The molecule has 2 atom stereocenters. The van der Waals surface area contributed by atoms with E-state index in [-0.39, 0.29) is 11.5 Å². The molecule has 1 aliphatic carbocycles. The number of hydrogen-bond acceptors (Lipinski definition) is 5. The molecule has 0 heterocycles. The molecule has 0 aromatic rings. The van der Waals surface area contributed by atoms with Crippen LogP contribution >= 0.6 is 0 Å². The highest BCUT2D eigenvalue weighted by Crippen LogP contribution is 2.38. The van der Waals surface area contributed by atoms with Crippen molar-refractivity contribution in [1.82, 2.24) is 5.32 Å². The molecular weight excluding hydrogens is 254 g/mol. The quantitative estimate of drug-likeness (QED) is 0.767. The number of hydrogen-bond donors (Lipinski definition) is 1. The van der Waals surface area contributed by atoms with Gasteiger partial charge >= 0.3 is 5.97 Å². The maximum absolute atomic E-state index is 12.3. The van der Waals surface area contributed by atoms with Crippen LogP contribution in [0.1, 0.15) is 33.1 Å². The summed E-state index contributed by atoms with van der Waals surface area (Å²) >= 11 is 0.